The Morgan fingerprint density at radius 1 is 1.10 bits per heavy atom. The van der Waals surface area contributed by atoms with Gasteiger partial charge in [-0.05, 0) is 61.7 Å². The summed E-state index contributed by atoms with van der Waals surface area (Å²) in [6, 6.07) is 8.66. The fraction of sp³-hybridized carbons (Fsp3) is 0.364. The summed E-state index contributed by atoms with van der Waals surface area (Å²) in [5, 5.41) is 0. The molecule has 2 aromatic carbocycles. The van der Waals surface area contributed by atoms with Crippen molar-refractivity contribution in [2.75, 3.05) is 20.6 Å². The number of alkyl halides is 3. The van der Waals surface area contributed by atoms with Gasteiger partial charge in [0.05, 0.1) is 17.6 Å². The van der Waals surface area contributed by atoms with Crippen molar-refractivity contribution in [3.8, 4) is 0 Å². The second-order valence-corrected chi connectivity index (χ2v) is 7.13. The van der Waals surface area contributed by atoms with Gasteiger partial charge < -0.3 is 9.80 Å². The maximum absolute atomic E-state index is 12.9. The van der Waals surface area contributed by atoms with Crippen molar-refractivity contribution < 1.29 is 18.0 Å². The van der Waals surface area contributed by atoms with Crippen LogP contribution < -0.4 is 0 Å². The molecule has 0 N–H and O–H groups in total. The van der Waals surface area contributed by atoms with Crippen LogP contribution in [0.2, 0.25) is 0 Å². The second kappa shape index (κ2) is 9.11. The van der Waals surface area contributed by atoms with Crippen LogP contribution in [0.25, 0.3) is 0 Å². The van der Waals surface area contributed by atoms with Crippen LogP contribution in [0.3, 0.4) is 0 Å². The van der Waals surface area contributed by atoms with Crippen LogP contribution in [-0.2, 0) is 12.7 Å². The minimum atomic E-state index is -4.41. The number of halogens is 3. The van der Waals surface area contributed by atoms with Crippen LogP contribution in [-0.4, -0.2) is 42.7 Å². The number of carbonyl (C=O) groups is 1. The molecule has 0 fully saturated rings. The number of aryl methyl sites for hydroxylation is 2. The van der Waals surface area contributed by atoms with Gasteiger partial charge in [-0.3, -0.25) is 4.79 Å². The summed E-state index contributed by atoms with van der Waals surface area (Å²) in [7, 11) is 3.51. The van der Waals surface area contributed by atoms with Crippen molar-refractivity contribution in [3.05, 3.63) is 64.2 Å². The lowest BCUT2D eigenvalue weighted by atomic mass is 10.0. The normalized spacial score (nSPS) is 11.7. The van der Waals surface area contributed by atoms with E-state index < -0.39 is 11.7 Å². The average Bonchev–Trinajstić information content (AvgIpc) is 2.66. The first-order valence-electron chi connectivity index (χ1n) is 9.30. The summed E-state index contributed by atoms with van der Waals surface area (Å²) in [5.41, 5.74) is 2.62. The van der Waals surface area contributed by atoms with Gasteiger partial charge in [-0.1, -0.05) is 12.1 Å². The number of hydrogen-bond donors (Lipinski definition) is 0. The molecule has 0 aromatic heterocycles. The molecule has 0 saturated carbocycles. The molecule has 29 heavy (non-hydrogen) atoms. The minimum absolute atomic E-state index is 0.0858. The molecular formula is C22H26F3N3O. The first kappa shape index (κ1) is 22.5. The Morgan fingerprint density at radius 3 is 2.41 bits per heavy atom. The fourth-order valence-corrected chi connectivity index (χ4v) is 2.81. The van der Waals surface area contributed by atoms with E-state index in [4.69, 9.17) is 0 Å². The quantitative estimate of drug-likeness (QED) is 0.489. The molecule has 0 saturated heterocycles. The molecule has 7 heteroatoms. The monoisotopic (exact) mass is 405 g/mol. The first-order valence-corrected chi connectivity index (χ1v) is 9.30. The van der Waals surface area contributed by atoms with Gasteiger partial charge in [0, 0.05) is 32.7 Å². The molecular weight excluding hydrogens is 379 g/mol. The molecule has 0 heterocycles. The number of nitrogens with zero attached hydrogens (tertiary/aromatic N) is 3. The fourth-order valence-electron chi connectivity index (χ4n) is 2.81. The number of hydrogen-bond acceptors (Lipinski definition) is 2. The largest absolute Gasteiger partial charge is 0.416 e. The third kappa shape index (κ3) is 5.82. The van der Waals surface area contributed by atoms with Crippen molar-refractivity contribution in [2.24, 2.45) is 4.99 Å². The lowest BCUT2D eigenvalue weighted by Gasteiger charge is -2.20. The molecule has 4 nitrogen and oxygen atoms in total. The van der Waals surface area contributed by atoms with E-state index in [0.29, 0.717) is 11.1 Å². The van der Waals surface area contributed by atoms with E-state index >= 15 is 0 Å². The van der Waals surface area contributed by atoms with E-state index in [2.05, 4.69) is 4.99 Å². The average molecular weight is 405 g/mol. The second-order valence-electron chi connectivity index (χ2n) is 7.13. The van der Waals surface area contributed by atoms with Crippen molar-refractivity contribution >= 4 is 17.9 Å². The first-order chi connectivity index (χ1) is 13.5. The van der Waals surface area contributed by atoms with Crippen LogP contribution in [0.4, 0.5) is 18.9 Å². The van der Waals surface area contributed by atoms with Gasteiger partial charge in [0.15, 0.2) is 0 Å². The Balaban J connectivity index is 2.21. The zero-order chi connectivity index (χ0) is 21.8. The Kier molecular flexibility index (Phi) is 7.06. The maximum atomic E-state index is 12.9. The molecule has 0 radical (unpaired) electrons. The van der Waals surface area contributed by atoms with E-state index in [1.54, 1.807) is 25.5 Å². The smallest absolute Gasteiger partial charge is 0.366 e. The van der Waals surface area contributed by atoms with Gasteiger partial charge in [0.25, 0.3) is 5.91 Å². The molecule has 0 aliphatic carbocycles. The van der Waals surface area contributed by atoms with Gasteiger partial charge in [0.1, 0.15) is 0 Å². The Hall–Kier alpha value is -2.83. The Labute approximate surface area is 169 Å². The Morgan fingerprint density at radius 2 is 1.79 bits per heavy atom. The zero-order valence-electron chi connectivity index (χ0n) is 17.3. The van der Waals surface area contributed by atoms with Crippen LogP contribution >= 0.6 is 0 Å². The van der Waals surface area contributed by atoms with Crippen LogP contribution in [0, 0.1) is 13.8 Å². The van der Waals surface area contributed by atoms with Gasteiger partial charge in [-0.2, -0.15) is 13.2 Å². The number of carbonyl (C=O) groups excluding carboxylic acids is 1. The molecule has 0 atom stereocenters. The number of aliphatic imine (C=N–C) groups is 1. The zero-order valence-corrected chi connectivity index (χ0v) is 17.3. The van der Waals surface area contributed by atoms with E-state index in [1.165, 1.54) is 11.0 Å². The molecule has 0 spiro atoms. The van der Waals surface area contributed by atoms with Crippen molar-refractivity contribution in [3.63, 3.8) is 0 Å². The van der Waals surface area contributed by atoms with Crippen LogP contribution in [0.1, 0.15) is 39.5 Å². The molecule has 0 aliphatic heterocycles. The lowest BCUT2D eigenvalue weighted by Crippen LogP contribution is -2.27. The molecule has 0 bridgehead atoms. The summed E-state index contributed by atoms with van der Waals surface area (Å²) in [6.07, 6.45) is -2.67. The molecule has 156 valence electrons. The summed E-state index contributed by atoms with van der Waals surface area (Å²) in [5.74, 6) is -0.246. The van der Waals surface area contributed by atoms with E-state index in [9.17, 15) is 18.0 Å². The highest BCUT2D eigenvalue weighted by Crippen LogP contribution is 2.30. The van der Waals surface area contributed by atoms with Crippen molar-refractivity contribution in [1.82, 2.24) is 9.80 Å². The van der Waals surface area contributed by atoms with E-state index in [-0.39, 0.29) is 12.5 Å². The summed E-state index contributed by atoms with van der Waals surface area (Å²) < 4.78 is 38.7. The highest BCUT2D eigenvalue weighted by atomic mass is 19.4. The highest BCUT2D eigenvalue weighted by molar-refractivity contribution is 5.96. The molecule has 2 rings (SSSR count). The summed E-state index contributed by atoms with van der Waals surface area (Å²) in [6.45, 7) is 6.64. The lowest BCUT2D eigenvalue weighted by molar-refractivity contribution is -0.137. The molecule has 1 amide bonds. The minimum Gasteiger partial charge on any atom is -0.366 e. The van der Waals surface area contributed by atoms with Crippen molar-refractivity contribution in [2.45, 2.75) is 33.5 Å². The van der Waals surface area contributed by atoms with Gasteiger partial charge in [0.2, 0.25) is 0 Å². The SMILES string of the molecule is CCN(C)C=Nc1cc(C)c(C(=O)N(C)Cc2cccc(C(F)(F)F)c2)cc1C. The number of amides is 1. The predicted octanol–water partition coefficient (Wildman–Crippen LogP) is 5.21. The standard InChI is InChI=1S/C22H26F3N3O/c1-6-27(4)14-26-20-11-15(2)19(10-16(20)3)21(29)28(5)13-17-8-7-9-18(12-17)22(23,24)25/h7-12,14H,6,13H2,1-5H3. The highest BCUT2D eigenvalue weighted by Gasteiger charge is 2.30. The van der Waals surface area contributed by atoms with Crippen LogP contribution in [0.5, 0.6) is 0 Å². The molecule has 0 aliphatic rings. The third-order valence-electron chi connectivity index (χ3n) is 4.69. The number of benzene rings is 2. The van der Waals surface area contributed by atoms with Gasteiger partial charge in [-0.15, -0.1) is 0 Å². The van der Waals surface area contributed by atoms with Gasteiger partial charge in [-0.25, -0.2) is 4.99 Å². The summed E-state index contributed by atoms with van der Waals surface area (Å²) >= 11 is 0. The van der Waals surface area contributed by atoms with E-state index in [1.807, 2.05) is 38.8 Å². The molecule has 2 aromatic rings. The van der Waals surface area contributed by atoms with Gasteiger partial charge >= 0.3 is 6.18 Å². The maximum Gasteiger partial charge on any atom is 0.416 e. The molecule has 0 unspecified atom stereocenters. The van der Waals surface area contributed by atoms with Crippen LogP contribution in [0.15, 0.2) is 41.4 Å². The topological polar surface area (TPSA) is 35.9 Å². The number of rotatable bonds is 6. The van der Waals surface area contributed by atoms with E-state index in [0.717, 1.165) is 35.5 Å². The summed E-state index contributed by atoms with van der Waals surface area (Å²) in [4.78, 5) is 20.7. The Bertz CT molecular complexity index is 907. The predicted molar refractivity (Wildman–Crippen MR) is 110 cm³/mol. The van der Waals surface area contributed by atoms with Crippen molar-refractivity contribution in [1.29, 1.82) is 0 Å². The third-order valence-corrected chi connectivity index (χ3v) is 4.69.